The van der Waals surface area contributed by atoms with Gasteiger partial charge in [-0.3, -0.25) is 9.59 Å². The minimum atomic E-state index is -5.22. The average molecular weight is 480 g/mol. The number of aliphatic carboxylic acids is 1. The molecule has 15 heteroatoms. The second-order valence-corrected chi connectivity index (χ2v) is 8.14. The van der Waals surface area contributed by atoms with E-state index in [0.29, 0.717) is 6.42 Å². The molecular weight excluding hydrogens is 451 g/mol. The van der Waals surface area contributed by atoms with E-state index in [9.17, 15) is 34.2 Å². The van der Waals surface area contributed by atoms with E-state index in [1.807, 2.05) is 0 Å². The van der Waals surface area contributed by atoms with Crippen LogP contribution in [0.3, 0.4) is 0 Å². The predicted molar refractivity (Wildman–Crippen MR) is 102 cm³/mol. The summed E-state index contributed by atoms with van der Waals surface area (Å²) >= 11 is 0. The fourth-order valence-corrected chi connectivity index (χ4v) is 3.07. The van der Waals surface area contributed by atoms with Gasteiger partial charge in [0.25, 0.3) is 12.1 Å². The van der Waals surface area contributed by atoms with Gasteiger partial charge in [-0.25, -0.2) is 0 Å². The van der Waals surface area contributed by atoms with Crippen LogP contribution in [0.25, 0.3) is 0 Å². The fourth-order valence-electron chi connectivity index (χ4n) is 2.74. The zero-order valence-electron chi connectivity index (χ0n) is 17.2. The van der Waals surface area contributed by atoms with Gasteiger partial charge in [0.15, 0.2) is 18.5 Å². The molecule has 1 fully saturated rings. The quantitative estimate of drug-likeness (QED) is 0.105. The topological polar surface area (TPSA) is 260 Å². The van der Waals surface area contributed by atoms with Crippen molar-refractivity contribution in [3.05, 3.63) is 30.1 Å². The number of quaternary nitrogens is 1. The summed E-state index contributed by atoms with van der Waals surface area (Å²) in [6.45, 7) is 0.126. The number of primary amides is 1. The summed E-state index contributed by atoms with van der Waals surface area (Å²) in [6, 6.07) is 2.24. The SMILES string of the molecule is NC(=O)c1ccc[n+]([C@@H]2O[C@H](COP(=O)([O-])[O-])[C@@H](O)[C@H]2O)c1.N[C@H](CCCC[NH3+])C(=O)O. The number of pyridine rings is 1. The lowest BCUT2D eigenvalue weighted by Gasteiger charge is -2.30. The van der Waals surface area contributed by atoms with E-state index in [2.05, 4.69) is 10.3 Å². The molecule has 1 aliphatic rings. The molecule has 0 radical (unpaired) electrons. The zero-order chi connectivity index (χ0) is 24.5. The van der Waals surface area contributed by atoms with Gasteiger partial charge in [0.05, 0.1) is 21.0 Å². The third kappa shape index (κ3) is 9.24. The van der Waals surface area contributed by atoms with Crippen LogP contribution in [-0.2, 0) is 18.6 Å². The Hall–Kier alpha value is -2.00. The van der Waals surface area contributed by atoms with Crippen molar-refractivity contribution in [3.8, 4) is 0 Å². The van der Waals surface area contributed by atoms with Crippen LogP contribution >= 0.6 is 7.82 Å². The zero-order valence-corrected chi connectivity index (χ0v) is 18.1. The van der Waals surface area contributed by atoms with Gasteiger partial charge in [0.1, 0.15) is 23.8 Å². The standard InChI is InChI=1S/C11H15N2O8P.C6H14N2O2/c12-10(16)6-2-1-3-13(4-6)11-9(15)8(14)7(21-11)5-20-22(17,18)19;7-4-2-1-3-5(8)6(9)10/h1-4,7-9,11,14-15H,5H2,(H3-,12,16,17,18,19);5H,1-4,7-8H2,(H,9,10)/t7-,8-,9-,11-;5-/m11/s1. The van der Waals surface area contributed by atoms with E-state index in [1.54, 1.807) is 0 Å². The number of aromatic nitrogens is 1. The number of phosphoric ester groups is 1. The Morgan fingerprint density at radius 2 is 1.97 bits per heavy atom. The van der Waals surface area contributed by atoms with Gasteiger partial charge < -0.3 is 56.1 Å². The highest BCUT2D eigenvalue weighted by Gasteiger charge is 2.48. The minimum Gasteiger partial charge on any atom is -0.790 e. The van der Waals surface area contributed by atoms with E-state index in [0.717, 1.165) is 19.4 Å². The number of carbonyl (C=O) groups is 2. The van der Waals surface area contributed by atoms with Crippen molar-refractivity contribution in [2.45, 2.75) is 49.8 Å². The van der Waals surface area contributed by atoms with E-state index in [4.69, 9.17) is 21.3 Å². The molecule has 0 aliphatic carbocycles. The van der Waals surface area contributed by atoms with E-state index in [-0.39, 0.29) is 5.56 Å². The summed E-state index contributed by atoms with van der Waals surface area (Å²) in [4.78, 5) is 42.2. The predicted octanol–water partition coefficient (Wildman–Crippen LogP) is -4.65. The number of nitrogens with zero attached hydrogens (tertiary/aromatic N) is 1. The van der Waals surface area contributed by atoms with Crippen molar-refractivity contribution in [2.24, 2.45) is 11.5 Å². The maximum absolute atomic E-state index is 11.1. The van der Waals surface area contributed by atoms with Crippen molar-refractivity contribution < 1.29 is 58.8 Å². The number of carboxylic acids is 1. The molecule has 0 spiro atoms. The number of phosphoric acid groups is 1. The Morgan fingerprint density at radius 1 is 1.31 bits per heavy atom. The number of carboxylic acid groups (broad SMARTS) is 1. The van der Waals surface area contributed by atoms with Crippen molar-refractivity contribution in [3.63, 3.8) is 0 Å². The largest absolute Gasteiger partial charge is 0.790 e. The van der Waals surface area contributed by atoms with Crippen LogP contribution in [0.4, 0.5) is 0 Å². The summed E-state index contributed by atoms with van der Waals surface area (Å²) < 4.78 is 21.1. The van der Waals surface area contributed by atoms with E-state index in [1.165, 1.54) is 29.1 Å². The Morgan fingerprint density at radius 3 is 2.50 bits per heavy atom. The number of rotatable bonds is 10. The third-order valence-corrected chi connectivity index (χ3v) is 4.93. The van der Waals surface area contributed by atoms with Crippen LogP contribution in [0.2, 0.25) is 0 Å². The summed E-state index contributed by atoms with van der Waals surface area (Å²) in [6.07, 6.45) is -0.0639. The van der Waals surface area contributed by atoms with Crippen LogP contribution in [-0.4, -0.2) is 64.7 Å². The molecule has 0 unspecified atom stereocenters. The number of hydrogen-bond acceptors (Lipinski definition) is 10. The van der Waals surface area contributed by atoms with E-state index >= 15 is 0 Å². The van der Waals surface area contributed by atoms with Gasteiger partial charge in [0.2, 0.25) is 0 Å². The lowest BCUT2D eigenvalue weighted by atomic mass is 10.1. The molecule has 1 aromatic rings. The van der Waals surface area contributed by atoms with Gasteiger partial charge in [-0.2, -0.15) is 4.57 Å². The van der Waals surface area contributed by atoms with Crippen LogP contribution < -0.4 is 31.6 Å². The summed E-state index contributed by atoms with van der Waals surface area (Å²) in [5, 5.41) is 28.1. The number of ether oxygens (including phenoxy) is 1. The van der Waals surface area contributed by atoms with Crippen molar-refractivity contribution in [1.29, 1.82) is 0 Å². The molecule has 2 rings (SSSR count). The first kappa shape index (κ1) is 28.0. The number of hydrogen-bond donors (Lipinski definition) is 6. The molecule has 5 atom stereocenters. The number of nitrogens with two attached hydrogens (primary N) is 2. The first-order valence-electron chi connectivity index (χ1n) is 9.63. The Kier molecular flexibility index (Phi) is 11.3. The summed E-state index contributed by atoms with van der Waals surface area (Å²) in [5.74, 6) is -1.61. The molecule has 0 saturated carbocycles. The molecule has 32 heavy (non-hydrogen) atoms. The highest BCUT2D eigenvalue weighted by molar-refractivity contribution is 7.43. The number of aliphatic hydroxyl groups excluding tert-OH is 2. The normalized spacial score (nSPS) is 23.8. The van der Waals surface area contributed by atoms with Crippen LogP contribution in [0.5, 0.6) is 0 Å². The number of unbranched alkanes of at least 4 members (excludes halogenated alkanes) is 1. The second-order valence-electron chi connectivity index (χ2n) is 6.99. The molecule has 1 aliphatic heterocycles. The first-order valence-corrected chi connectivity index (χ1v) is 11.1. The molecule has 1 amide bonds. The number of amides is 1. The molecule has 0 bridgehead atoms. The lowest BCUT2D eigenvalue weighted by molar-refractivity contribution is -0.765. The Labute approximate surface area is 183 Å². The maximum Gasteiger partial charge on any atom is 0.320 e. The number of carbonyl (C=O) groups excluding carboxylic acids is 1. The molecule has 10 N–H and O–H groups in total. The van der Waals surface area contributed by atoms with Gasteiger partial charge in [-0.1, -0.05) is 0 Å². The molecule has 1 aromatic heterocycles. The lowest BCUT2D eigenvalue weighted by Crippen LogP contribution is -2.50. The van der Waals surface area contributed by atoms with Gasteiger partial charge in [-0.15, -0.1) is 0 Å². The maximum atomic E-state index is 11.1. The highest BCUT2D eigenvalue weighted by atomic mass is 31.2. The molecule has 0 aromatic carbocycles. The highest BCUT2D eigenvalue weighted by Crippen LogP contribution is 2.30. The van der Waals surface area contributed by atoms with Crippen molar-refractivity contribution in [1.82, 2.24) is 0 Å². The van der Waals surface area contributed by atoms with Gasteiger partial charge in [-0.05, 0) is 25.3 Å². The molecule has 1 saturated heterocycles. The molecular formula is C17H29N4O10P. The molecule has 182 valence electrons. The van der Waals surface area contributed by atoms with Gasteiger partial charge >= 0.3 is 5.97 Å². The minimum absolute atomic E-state index is 0.149. The smallest absolute Gasteiger partial charge is 0.320 e. The first-order chi connectivity index (χ1) is 14.9. The van der Waals surface area contributed by atoms with Crippen LogP contribution in [0, 0.1) is 0 Å². The van der Waals surface area contributed by atoms with Crippen LogP contribution in [0.15, 0.2) is 24.5 Å². The van der Waals surface area contributed by atoms with Crippen molar-refractivity contribution >= 4 is 19.7 Å². The average Bonchev–Trinajstić information content (AvgIpc) is 3.01. The molecule has 2 heterocycles. The monoisotopic (exact) mass is 480 g/mol. The number of aliphatic hydroxyl groups is 2. The van der Waals surface area contributed by atoms with Crippen molar-refractivity contribution in [2.75, 3.05) is 13.2 Å². The summed E-state index contributed by atoms with van der Waals surface area (Å²) in [7, 11) is -5.22. The Bertz CT molecular complexity index is 807. The Balaban J connectivity index is 0.000000433. The fraction of sp³-hybridized carbons (Fsp3) is 0.588. The third-order valence-electron chi connectivity index (χ3n) is 4.47. The van der Waals surface area contributed by atoms with E-state index < -0.39 is 56.9 Å². The summed E-state index contributed by atoms with van der Waals surface area (Å²) in [5.41, 5.74) is 14.2. The second kappa shape index (κ2) is 12.9. The molecule has 14 nitrogen and oxygen atoms in total. The van der Waals surface area contributed by atoms with Gasteiger partial charge in [0, 0.05) is 6.07 Å². The van der Waals surface area contributed by atoms with Crippen LogP contribution in [0.1, 0.15) is 35.8 Å².